The van der Waals surface area contributed by atoms with Gasteiger partial charge in [-0.05, 0) is 17.5 Å². The summed E-state index contributed by atoms with van der Waals surface area (Å²) >= 11 is 2.99. The van der Waals surface area contributed by atoms with Gasteiger partial charge in [0.05, 0.1) is 24.0 Å². The van der Waals surface area contributed by atoms with Gasteiger partial charge in [-0.1, -0.05) is 90.7 Å². The lowest BCUT2D eigenvalue weighted by atomic mass is 10.2. The molecule has 0 saturated carbocycles. The molecule has 6 nitrogen and oxygen atoms in total. The second-order valence-corrected chi connectivity index (χ2v) is 8.80. The van der Waals surface area contributed by atoms with Crippen LogP contribution < -0.4 is 5.32 Å². The minimum atomic E-state index is -0.207. The number of rotatable bonds is 8. The molecule has 2 aromatic carbocycles. The molecule has 0 saturated heterocycles. The molecule has 2 heterocycles. The van der Waals surface area contributed by atoms with Crippen molar-refractivity contribution < 1.29 is 4.79 Å². The van der Waals surface area contributed by atoms with E-state index in [9.17, 15) is 4.79 Å². The lowest BCUT2D eigenvalue weighted by Crippen LogP contribution is -2.15. The summed E-state index contributed by atoms with van der Waals surface area (Å²) in [7, 11) is 0. The average molecular weight is 436 g/mol. The van der Waals surface area contributed by atoms with Gasteiger partial charge in [0.25, 0.3) is 5.91 Å². The first-order valence-electron chi connectivity index (χ1n) is 9.63. The van der Waals surface area contributed by atoms with E-state index >= 15 is 0 Å². The van der Waals surface area contributed by atoms with Gasteiger partial charge >= 0.3 is 0 Å². The fourth-order valence-corrected chi connectivity index (χ4v) is 4.77. The van der Waals surface area contributed by atoms with E-state index in [0.29, 0.717) is 23.7 Å². The maximum Gasteiger partial charge on any atom is 0.260 e. The molecule has 8 heteroatoms. The molecule has 1 N–H and O–H groups in total. The number of hydrogen-bond acceptors (Lipinski definition) is 6. The number of thioether (sulfide) groups is 1. The molecule has 0 spiro atoms. The van der Waals surface area contributed by atoms with Crippen LogP contribution in [0.4, 0.5) is 5.13 Å². The highest BCUT2D eigenvalue weighted by Gasteiger charge is 2.18. The Bertz CT molecular complexity index is 1110. The van der Waals surface area contributed by atoms with Crippen LogP contribution in [0, 0.1) is 0 Å². The van der Waals surface area contributed by atoms with Gasteiger partial charge in [0.1, 0.15) is 0 Å². The van der Waals surface area contributed by atoms with Gasteiger partial charge in [0, 0.05) is 5.75 Å². The minimum absolute atomic E-state index is 0.207. The molecule has 0 aliphatic carbocycles. The van der Waals surface area contributed by atoms with Crippen LogP contribution in [0.25, 0.3) is 0 Å². The van der Waals surface area contributed by atoms with Gasteiger partial charge in [0.2, 0.25) is 5.13 Å². The normalized spacial score (nSPS) is 10.8. The molecule has 0 radical (unpaired) electrons. The summed E-state index contributed by atoms with van der Waals surface area (Å²) in [4.78, 5) is 12.8. The Morgan fingerprint density at radius 1 is 1.03 bits per heavy atom. The maximum absolute atomic E-state index is 12.8. The predicted octanol–water partition coefficient (Wildman–Crippen LogP) is 4.89. The summed E-state index contributed by atoms with van der Waals surface area (Å²) in [5.74, 6) is 0.609. The highest BCUT2D eigenvalue weighted by Crippen LogP contribution is 2.28. The molecule has 152 valence electrons. The zero-order valence-electron chi connectivity index (χ0n) is 16.5. The summed E-state index contributed by atoms with van der Waals surface area (Å²) < 4.78 is 2.70. The fourth-order valence-electron chi connectivity index (χ4n) is 3.07. The van der Waals surface area contributed by atoms with Crippen LogP contribution in [0.2, 0.25) is 0 Å². The number of benzene rings is 2. The Balaban J connectivity index is 1.41. The number of nitrogens with zero attached hydrogens (tertiary/aromatic N) is 4. The molecular formula is C22H21N5OS2. The van der Waals surface area contributed by atoms with Crippen LogP contribution in [-0.4, -0.2) is 25.9 Å². The average Bonchev–Trinajstić information content (AvgIpc) is 3.40. The molecular weight excluding hydrogens is 414 g/mol. The second-order valence-electron chi connectivity index (χ2n) is 6.60. The van der Waals surface area contributed by atoms with Crippen LogP contribution in [0.5, 0.6) is 0 Å². The van der Waals surface area contributed by atoms with Crippen molar-refractivity contribution in [1.29, 1.82) is 0 Å². The molecule has 0 fully saturated rings. The first-order valence-corrected chi connectivity index (χ1v) is 11.4. The standard InChI is InChI=1S/C22H21N5OS2/c1-2-19-18(13-23-27(19)14-16-9-5-3-6-10-16)20(28)24-21-25-26-22(30-21)29-15-17-11-7-4-8-12-17/h3-13H,2,14-15H2,1H3,(H,24,25,28). The summed E-state index contributed by atoms with van der Waals surface area (Å²) in [6, 6.07) is 20.3. The number of hydrogen-bond donors (Lipinski definition) is 1. The van der Waals surface area contributed by atoms with Crippen molar-refractivity contribution in [3.8, 4) is 0 Å². The third kappa shape index (κ3) is 4.95. The molecule has 0 atom stereocenters. The Labute approximate surface area is 183 Å². The van der Waals surface area contributed by atoms with E-state index < -0.39 is 0 Å². The lowest BCUT2D eigenvalue weighted by Gasteiger charge is -2.08. The van der Waals surface area contributed by atoms with Crippen molar-refractivity contribution >= 4 is 34.1 Å². The molecule has 0 aliphatic heterocycles. The number of anilines is 1. The predicted molar refractivity (Wildman–Crippen MR) is 121 cm³/mol. The lowest BCUT2D eigenvalue weighted by molar-refractivity contribution is 0.102. The van der Waals surface area contributed by atoms with Crippen LogP contribution in [0.1, 0.15) is 34.1 Å². The number of aromatic nitrogens is 4. The molecule has 4 rings (SSSR count). The van der Waals surface area contributed by atoms with Gasteiger partial charge in [0.15, 0.2) is 4.34 Å². The number of carbonyl (C=O) groups excluding carboxylic acids is 1. The quantitative estimate of drug-likeness (QED) is 0.315. The fraction of sp³-hybridized carbons (Fsp3) is 0.182. The molecule has 30 heavy (non-hydrogen) atoms. The van der Waals surface area contributed by atoms with Gasteiger partial charge in [-0.2, -0.15) is 5.10 Å². The highest BCUT2D eigenvalue weighted by molar-refractivity contribution is 8.00. The van der Waals surface area contributed by atoms with E-state index in [2.05, 4.69) is 44.9 Å². The van der Waals surface area contributed by atoms with Crippen molar-refractivity contribution in [2.45, 2.75) is 30.0 Å². The summed E-state index contributed by atoms with van der Waals surface area (Å²) in [6.45, 7) is 2.66. The first kappa shape index (κ1) is 20.3. The third-order valence-electron chi connectivity index (χ3n) is 4.54. The third-order valence-corrected chi connectivity index (χ3v) is 6.58. The van der Waals surface area contributed by atoms with Crippen molar-refractivity contribution in [1.82, 2.24) is 20.0 Å². The summed E-state index contributed by atoms with van der Waals surface area (Å²) in [6.07, 6.45) is 2.34. The van der Waals surface area contributed by atoms with Crippen molar-refractivity contribution in [2.75, 3.05) is 5.32 Å². The van der Waals surface area contributed by atoms with E-state index in [-0.39, 0.29) is 5.91 Å². The van der Waals surface area contributed by atoms with E-state index in [1.54, 1.807) is 18.0 Å². The smallest absolute Gasteiger partial charge is 0.260 e. The van der Waals surface area contributed by atoms with E-state index in [4.69, 9.17) is 0 Å². The second kappa shape index (κ2) is 9.69. The van der Waals surface area contributed by atoms with Crippen LogP contribution in [0.3, 0.4) is 0 Å². The van der Waals surface area contributed by atoms with Gasteiger partial charge < -0.3 is 0 Å². The number of nitrogens with one attached hydrogen (secondary N) is 1. The monoisotopic (exact) mass is 435 g/mol. The van der Waals surface area contributed by atoms with E-state index in [1.807, 2.05) is 48.0 Å². The number of amides is 1. The summed E-state index contributed by atoms with van der Waals surface area (Å²) in [5.41, 5.74) is 3.84. The summed E-state index contributed by atoms with van der Waals surface area (Å²) in [5, 5.41) is 16.1. The van der Waals surface area contributed by atoms with Crippen molar-refractivity contribution in [3.63, 3.8) is 0 Å². The van der Waals surface area contributed by atoms with Gasteiger partial charge in [-0.3, -0.25) is 14.8 Å². The molecule has 1 amide bonds. The van der Waals surface area contributed by atoms with Crippen LogP contribution in [0.15, 0.2) is 71.2 Å². The van der Waals surface area contributed by atoms with Crippen LogP contribution in [-0.2, 0) is 18.7 Å². The van der Waals surface area contributed by atoms with E-state index in [0.717, 1.165) is 21.3 Å². The Morgan fingerprint density at radius 2 is 1.73 bits per heavy atom. The molecule has 0 bridgehead atoms. The maximum atomic E-state index is 12.8. The van der Waals surface area contributed by atoms with Crippen molar-refractivity contribution in [2.24, 2.45) is 0 Å². The van der Waals surface area contributed by atoms with Crippen molar-refractivity contribution in [3.05, 3.63) is 89.2 Å². The first-order chi connectivity index (χ1) is 14.7. The topological polar surface area (TPSA) is 72.7 Å². The minimum Gasteiger partial charge on any atom is -0.296 e. The zero-order chi connectivity index (χ0) is 20.8. The van der Waals surface area contributed by atoms with Crippen LogP contribution >= 0.6 is 23.1 Å². The Morgan fingerprint density at radius 3 is 2.43 bits per heavy atom. The Hall–Kier alpha value is -2.97. The molecule has 4 aromatic rings. The SMILES string of the molecule is CCc1c(C(=O)Nc2nnc(SCc3ccccc3)s2)cnn1Cc1ccccc1. The van der Waals surface area contributed by atoms with Gasteiger partial charge in [-0.15, -0.1) is 10.2 Å². The molecule has 2 aromatic heterocycles. The largest absolute Gasteiger partial charge is 0.296 e. The van der Waals surface area contributed by atoms with Gasteiger partial charge in [-0.25, -0.2) is 0 Å². The number of carbonyl (C=O) groups is 1. The van der Waals surface area contributed by atoms with E-state index in [1.165, 1.54) is 16.9 Å². The molecule has 0 unspecified atom stereocenters. The zero-order valence-corrected chi connectivity index (χ0v) is 18.1. The Kier molecular flexibility index (Phi) is 6.56. The highest BCUT2D eigenvalue weighted by atomic mass is 32.2. The molecule has 0 aliphatic rings.